The number of hydrogen-bond donors (Lipinski definition) is 1. The summed E-state index contributed by atoms with van der Waals surface area (Å²) in [7, 11) is 0. The van der Waals surface area contributed by atoms with Crippen molar-refractivity contribution in [3.8, 4) is 0 Å². The molecule has 0 radical (unpaired) electrons. The molecule has 34 heavy (non-hydrogen) atoms. The SMILES string of the molecule is C.CC1CCC1.O=[N+]([O-])OC1CCCC1.O=[N+]([O-])OC1CCCC1O.O=[N+]([O-])OCC1CCC1. The van der Waals surface area contributed by atoms with Crippen LogP contribution in [0.5, 0.6) is 0 Å². The van der Waals surface area contributed by atoms with Crippen LogP contribution in [0.3, 0.4) is 0 Å². The van der Waals surface area contributed by atoms with E-state index in [4.69, 9.17) is 5.11 Å². The van der Waals surface area contributed by atoms with Gasteiger partial charge in [-0.2, -0.15) is 0 Å². The van der Waals surface area contributed by atoms with Crippen molar-refractivity contribution < 1.29 is 34.9 Å². The first-order chi connectivity index (χ1) is 15.7. The van der Waals surface area contributed by atoms with Gasteiger partial charge < -0.3 is 19.6 Å². The van der Waals surface area contributed by atoms with E-state index in [-0.39, 0.29) is 13.5 Å². The molecule has 0 aliphatic heterocycles. The van der Waals surface area contributed by atoms with Gasteiger partial charge in [0.25, 0.3) is 15.3 Å². The fraction of sp³-hybridized carbons (Fsp3) is 1.00. The van der Waals surface area contributed by atoms with Crippen molar-refractivity contribution in [2.75, 3.05) is 6.61 Å². The lowest BCUT2D eigenvalue weighted by Crippen LogP contribution is -2.25. The molecule has 4 saturated carbocycles. The van der Waals surface area contributed by atoms with Crippen molar-refractivity contribution in [3.05, 3.63) is 30.3 Å². The summed E-state index contributed by atoms with van der Waals surface area (Å²) in [5.74, 6) is 1.52. The van der Waals surface area contributed by atoms with E-state index in [1.165, 1.54) is 25.7 Å². The van der Waals surface area contributed by atoms with E-state index < -0.39 is 27.5 Å². The van der Waals surface area contributed by atoms with Gasteiger partial charge in [-0.3, -0.25) is 0 Å². The van der Waals surface area contributed by atoms with E-state index in [2.05, 4.69) is 21.4 Å². The minimum Gasteiger partial charge on any atom is -0.391 e. The highest BCUT2D eigenvalue weighted by Crippen LogP contribution is 2.26. The second-order valence-electron chi connectivity index (χ2n) is 8.95. The molecular weight excluding hydrogens is 454 g/mol. The van der Waals surface area contributed by atoms with Gasteiger partial charge in [-0.25, -0.2) is 0 Å². The second-order valence-corrected chi connectivity index (χ2v) is 8.95. The van der Waals surface area contributed by atoms with Crippen LogP contribution in [0, 0.1) is 42.2 Å². The summed E-state index contributed by atoms with van der Waals surface area (Å²) in [6, 6.07) is 0. The molecule has 0 aromatic rings. The second kappa shape index (κ2) is 18.0. The smallest absolute Gasteiger partial charge is 0.294 e. The first kappa shape index (κ1) is 31.6. The summed E-state index contributed by atoms with van der Waals surface area (Å²) in [6.45, 7) is 2.61. The zero-order valence-corrected chi connectivity index (χ0v) is 19.2. The fourth-order valence-electron chi connectivity index (χ4n) is 3.69. The maximum atomic E-state index is 9.77. The molecule has 0 bridgehead atoms. The molecule has 4 aliphatic rings. The van der Waals surface area contributed by atoms with Crippen molar-refractivity contribution >= 4 is 0 Å². The van der Waals surface area contributed by atoms with Gasteiger partial charge in [0.15, 0.2) is 0 Å². The zero-order chi connectivity index (χ0) is 24.6. The summed E-state index contributed by atoms with van der Waals surface area (Å²) in [5.41, 5.74) is 0. The van der Waals surface area contributed by atoms with Crippen molar-refractivity contribution in [2.45, 2.75) is 116 Å². The largest absolute Gasteiger partial charge is 0.391 e. The molecule has 2 unspecified atom stereocenters. The highest BCUT2D eigenvalue weighted by molar-refractivity contribution is 4.75. The van der Waals surface area contributed by atoms with E-state index in [1.54, 1.807) is 0 Å². The van der Waals surface area contributed by atoms with E-state index in [1.807, 2.05) is 0 Å². The maximum absolute atomic E-state index is 9.77. The van der Waals surface area contributed by atoms with E-state index in [9.17, 15) is 30.3 Å². The Hall–Kier alpha value is -2.44. The molecule has 13 heteroatoms. The lowest BCUT2D eigenvalue weighted by atomic mass is 9.86. The van der Waals surface area contributed by atoms with Crippen LogP contribution in [0.15, 0.2) is 0 Å². The summed E-state index contributed by atoms with van der Waals surface area (Å²) < 4.78 is 0. The molecule has 0 spiro atoms. The fourth-order valence-corrected chi connectivity index (χ4v) is 3.69. The third kappa shape index (κ3) is 15.4. The van der Waals surface area contributed by atoms with Gasteiger partial charge in [0.1, 0.15) is 12.2 Å². The first-order valence-electron chi connectivity index (χ1n) is 11.7. The van der Waals surface area contributed by atoms with Crippen LogP contribution in [0.1, 0.15) is 97.8 Å². The van der Waals surface area contributed by atoms with Crippen LogP contribution in [0.25, 0.3) is 0 Å². The molecule has 0 saturated heterocycles. The number of hydrogen-bond acceptors (Lipinski definition) is 10. The first-order valence-corrected chi connectivity index (χ1v) is 11.7. The monoisotopic (exact) mass is 495 g/mol. The van der Waals surface area contributed by atoms with Crippen molar-refractivity contribution in [1.82, 2.24) is 0 Å². The van der Waals surface area contributed by atoms with E-state index >= 15 is 0 Å². The third-order valence-electron chi connectivity index (χ3n) is 6.21. The molecule has 2 atom stereocenters. The number of nitrogens with zero attached hydrogens (tertiary/aromatic N) is 3. The standard InChI is InChI=1S/C5H9NO4.2C5H9NO3.C5H10.CH4/c7-4-2-1-3-5(4)10-6(8)9;7-6(8)9-4-5-2-1-3-5;7-6(8)9-5-3-1-2-4-5;1-5-3-2-4-5;/h4-5,7H,1-3H2;2*5H,1-4H2;5H,2-4H2,1H3;1H4. The zero-order valence-electron chi connectivity index (χ0n) is 19.2. The number of aliphatic hydroxyl groups excluding tert-OH is 1. The highest BCUT2D eigenvalue weighted by Gasteiger charge is 2.28. The summed E-state index contributed by atoms with van der Waals surface area (Å²) in [4.78, 5) is 41.8. The minimum atomic E-state index is -0.848. The molecule has 4 fully saturated rings. The molecule has 0 aromatic carbocycles. The van der Waals surface area contributed by atoms with Crippen molar-refractivity contribution in [3.63, 3.8) is 0 Å². The minimum absolute atomic E-state index is 0. The summed E-state index contributed by atoms with van der Waals surface area (Å²) in [6.07, 6.45) is 12.3. The van der Waals surface area contributed by atoms with Gasteiger partial charge >= 0.3 is 0 Å². The topological polar surface area (TPSA) is 177 Å². The number of aliphatic hydroxyl groups is 1. The Morgan fingerprint density at radius 1 is 0.735 bits per heavy atom. The maximum Gasteiger partial charge on any atom is 0.294 e. The summed E-state index contributed by atoms with van der Waals surface area (Å²) >= 11 is 0. The predicted molar refractivity (Wildman–Crippen MR) is 122 cm³/mol. The predicted octanol–water partition coefficient (Wildman–Crippen LogP) is 4.68. The van der Waals surface area contributed by atoms with Crippen LogP contribution in [0.4, 0.5) is 0 Å². The Morgan fingerprint density at radius 3 is 1.56 bits per heavy atom. The summed E-state index contributed by atoms with van der Waals surface area (Å²) in [5, 5.41) is 35.9. The Labute approximate surface area is 200 Å². The van der Waals surface area contributed by atoms with Crippen LogP contribution < -0.4 is 0 Å². The van der Waals surface area contributed by atoms with Crippen LogP contribution >= 0.6 is 0 Å². The molecule has 1 N–H and O–H groups in total. The highest BCUT2D eigenvalue weighted by atomic mass is 17.0. The van der Waals surface area contributed by atoms with Crippen molar-refractivity contribution in [1.29, 1.82) is 0 Å². The Kier molecular flexibility index (Phi) is 16.7. The number of rotatable bonds is 7. The Balaban J connectivity index is 0.000000432. The lowest BCUT2D eigenvalue weighted by molar-refractivity contribution is -0.770. The molecule has 4 aliphatic carbocycles. The average molecular weight is 496 g/mol. The Bertz CT molecular complexity index is 581. The van der Waals surface area contributed by atoms with Crippen molar-refractivity contribution in [2.24, 2.45) is 11.8 Å². The third-order valence-corrected chi connectivity index (χ3v) is 6.21. The molecular formula is C21H41N3O10. The molecule has 0 aromatic heterocycles. The van der Waals surface area contributed by atoms with Crippen LogP contribution in [0.2, 0.25) is 0 Å². The normalized spacial score (nSPS) is 23.5. The quantitative estimate of drug-likeness (QED) is 0.385. The van der Waals surface area contributed by atoms with Gasteiger partial charge in [-0.15, -0.1) is 30.3 Å². The van der Waals surface area contributed by atoms with Gasteiger partial charge in [0.05, 0.1) is 12.7 Å². The van der Waals surface area contributed by atoms with Gasteiger partial charge in [0.2, 0.25) is 0 Å². The van der Waals surface area contributed by atoms with Crippen LogP contribution in [-0.2, 0) is 14.5 Å². The molecule has 4 rings (SSSR count). The molecule has 0 heterocycles. The lowest BCUT2D eigenvalue weighted by Gasteiger charge is -2.23. The van der Waals surface area contributed by atoms with Gasteiger partial charge in [-0.1, -0.05) is 52.9 Å². The average Bonchev–Trinajstić information content (AvgIpc) is 3.31. The van der Waals surface area contributed by atoms with Crippen LogP contribution in [-0.4, -0.2) is 45.3 Å². The molecule has 0 amide bonds. The Morgan fingerprint density at radius 2 is 1.24 bits per heavy atom. The van der Waals surface area contributed by atoms with E-state index in [0.29, 0.717) is 25.4 Å². The molecule has 200 valence electrons. The van der Waals surface area contributed by atoms with Gasteiger partial charge in [-0.05, 0) is 56.8 Å². The molecule has 13 nitrogen and oxygen atoms in total. The van der Waals surface area contributed by atoms with E-state index in [0.717, 1.165) is 50.9 Å². The van der Waals surface area contributed by atoms with Gasteiger partial charge in [0, 0.05) is 0 Å².